The fourth-order valence-corrected chi connectivity index (χ4v) is 4.54. The summed E-state index contributed by atoms with van der Waals surface area (Å²) in [5.41, 5.74) is 1.89. The Kier molecular flexibility index (Phi) is 13.1. The lowest BCUT2D eigenvalue weighted by molar-refractivity contribution is -0.121. The third-order valence-electron chi connectivity index (χ3n) is 5.88. The summed E-state index contributed by atoms with van der Waals surface area (Å²) in [5.74, 6) is 0.0113. The summed E-state index contributed by atoms with van der Waals surface area (Å²) in [5, 5.41) is 7.49. The van der Waals surface area contributed by atoms with E-state index in [1.54, 1.807) is 13.0 Å². The Balaban J connectivity index is 0.00000272. The van der Waals surface area contributed by atoms with Crippen LogP contribution in [-0.4, -0.2) is 50.6 Å². The van der Waals surface area contributed by atoms with Gasteiger partial charge in [-0.15, -0.1) is 24.8 Å². The fourth-order valence-electron chi connectivity index (χ4n) is 4.23. The first-order valence-corrected chi connectivity index (χ1v) is 11.5. The van der Waals surface area contributed by atoms with Crippen LogP contribution in [0.2, 0.25) is 10.0 Å². The SMILES string of the molecule is CNCC(OCCN1CCC(NC(C)=O)(c2ccccc2)CC1)c1ccc(Cl)c(Cl)c1.Cl.Cl. The molecule has 33 heavy (non-hydrogen) atoms. The predicted octanol–water partition coefficient (Wildman–Crippen LogP) is 5.24. The maximum absolute atomic E-state index is 11.9. The molecule has 1 aliphatic heterocycles. The van der Waals surface area contributed by atoms with Crippen LogP contribution in [0.1, 0.15) is 37.0 Å². The molecule has 9 heteroatoms. The summed E-state index contributed by atoms with van der Waals surface area (Å²) in [4.78, 5) is 14.3. The third kappa shape index (κ3) is 8.29. The summed E-state index contributed by atoms with van der Waals surface area (Å²) in [6.45, 7) is 5.55. The summed E-state index contributed by atoms with van der Waals surface area (Å²) in [6, 6.07) is 15.9. The molecular formula is C24H33Cl4N3O2. The molecule has 0 aromatic heterocycles. The number of ether oxygens (including phenoxy) is 1. The molecule has 1 aliphatic rings. The zero-order valence-corrected chi connectivity index (χ0v) is 22.1. The van der Waals surface area contributed by atoms with Crippen molar-refractivity contribution in [1.82, 2.24) is 15.5 Å². The number of nitrogens with one attached hydrogen (secondary N) is 2. The Hall–Kier alpha value is -1.05. The van der Waals surface area contributed by atoms with Crippen LogP contribution in [0.25, 0.3) is 0 Å². The number of likely N-dealkylation sites (N-methyl/N-ethyl adjacent to an activating group) is 1. The van der Waals surface area contributed by atoms with Gasteiger partial charge in [0.2, 0.25) is 5.91 Å². The molecule has 1 unspecified atom stereocenters. The summed E-state index contributed by atoms with van der Waals surface area (Å²) in [7, 11) is 1.91. The van der Waals surface area contributed by atoms with Gasteiger partial charge >= 0.3 is 0 Å². The lowest BCUT2D eigenvalue weighted by Gasteiger charge is -2.42. The Morgan fingerprint density at radius 1 is 1.09 bits per heavy atom. The molecular weight excluding hydrogens is 504 g/mol. The van der Waals surface area contributed by atoms with Crippen molar-refractivity contribution >= 4 is 53.9 Å². The number of likely N-dealkylation sites (tertiary alicyclic amines) is 1. The van der Waals surface area contributed by atoms with E-state index in [4.69, 9.17) is 27.9 Å². The first kappa shape index (κ1) is 30.0. The molecule has 1 saturated heterocycles. The van der Waals surface area contributed by atoms with Gasteiger partial charge in [0.15, 0.2) is 0 Å². The number of rotatable bonds is 9. The molecule has 2 N–H and O–H groups in total. The van der Waals surface area contributed by atoms with Crippen LogP contribution >= 0.6 is 48.0 Å². The molecule has 2 aromatic carbocycles. The van der Waals surface area contributed by atoms with E-state index in [0.717, 1.165) is 38.0 Å². The van der Waals surface area contributed by atoms with Crippen molar-refractivity contribution in [1.29, 1.82) is 0 Å². The lowest BCUT2D eigenvalue weighted by atomic mass is 9.80. The van der Waals surface area contributed by atoms with E-state index < -0.39 is 0 Å². The minimum atomic E-state index is -0.292. The van der Waals surface area contributed by atoms with Gasteiger partial charge in [-0.2, -0.15) is 0 Å². The number of carbonyl (C=O) groups excluding carboxylic acids is 1. The normalized spacial score (nSPS) is 16.2. The summed E-state index contributed by atoms with van der Waals surface area (Å²) >= 11 is 12.2. The number of piperidine rings is 1. The maximum Gasteiger partial charge on any atom is 0.217 e. The molecule has 1 atom stereocenters. The van der Waals surface area contributed by atoms with Crippen LogP contribution in [-0.2, 0) is 15.1 Å². The predicted molar refractivity (Wildman–Crippen MR) is 141 cm³/mol. The minimum Gasteiger partial charge on any atom is -0.371 e. The number of benzene rings is 2. The second kappa shape index (κ2) is 14.4. The van der Waals surface area contributed by atoms with Gasteiger partial charge in [0.1, 0.15) is 0 Å². The highest BCUT2D eigenvalue weighted by Crippen LogP contribution is 2.33. The van der Waals surface area contributed by atoms with Crippen LogP contribution < -0.4 is 10.6 Å². The molecule has 0 aliphatic carbocycles. The average Bonchev–Trinajstić information content (AvgIpc) is 2.76. The maximum atomic E-state index is 11.9. The molecule has 1 amide bonds. The second-order valence-electron chi connectivity index (χ2n) is 8.06. The van der Waals surface area contributed by atoms with E-state index in [0.29, 0.717) is 23.2 Å². The topological polar surface area (TPSA) is 53.6 Å². The van der Waals surface area contributed by atoms with Crippen LogP contribution in [0.15, 0.2) is 48.5 Å². The standard InChI is InChI=1S/C24H31Cl2N3O2.2ClH/c1-18(30)28-24(20-6-4-3-5-7-20)10-12-29(13-11-24)14-15-31-23(17-27-2)19-8-9-21(25)22(26)16-19;;/h3-9,16,23,27H,10-15,17H2,1-2H3,(H,28,30);2*1H. The number of halogens is 4. The van der Waals surface area contributed by atoms with Crippen molar-refractivity contribution in [2.75, 3.05) is 39.8 Å². The molecule has 2 aromatic rings. The van der Waals surface area contributed by atoms with Gasteiger partial charge in [0.05, 0.1) is 28.3 Å². The van der Waals surface area contributed by atoms with Crippen molar-refractivity contribution < 1.29 is 9.53 Å². The van der Waals surface area contributed by atoms with E-state index >= 15 is 0 Å². The molecule has 0 radical (unpaired) electrons. The van der Waals surface area contributed by atoms with Crippen molar-refractivity contribution in [3.05, 3.63) is 69.7 Å². The van der Waals surface area contributed by atoms with Gasteiger partial charge < -0.3 is 20.3 Å². The highest BCUT2D eigenvalue weighted by atomic mass is 35.5. The van der Waals surface area contributed by atoms with Crippen LogP contribution in [0.3, 0.4) is 0 Å². The highest BCUT2D eigenvalue weighted by Gasteiger charge is 2.36. The Labute approximate surface area is 219 Å². The van der Waals surface area contributed by atoms with Crippen LogP contribution in [0, 0.1) is 0 Å². The number of amides is 1. The van der Waals surface area contributed by atoms with Gasteiger partial charge in [-0.1, -0.05) is 59.6 Å². The molecule has 0 saturated carbocycles. The smallest absolute Gasteiger partial charge is 0.217 e. The Morgan fingerprint density at radius 2 is 1.76 bits per heavy atom. The van der Waals surface area contributed by atoms with E-state index in [1.165, 1.54) is 5.56 Å². The zero-order chi connectivity index (χ0) is 22.3. The van der Waals surface area contributed by atoms with Gasteiger partial charge in [-0.3, -0.25) is 4.79 Å². The molecule has 3 rings (SSSR count). The molecule has 1 fully saturated rings. The molecule has 0 spiro atoms. The zero-order valence-electron chi connectivity index (χ0n) is 19.0. The van der Waals surface area contributed by atoms with Crippen LogP contribution in [0.5, 0.6) is 0 Å². The van der Waals surface area contributed by atoms with Gasteiger partial charge in [0.25, 0.3) is 0 Å². The first-order valence-electron chi connectivity index (χ1n) is 10.7. The average molecular weight is 537 g/mol. The molecule has 0 bridgehead atoms. The second-order valence-corrected chi connectivity index (χ2v) is 8.88. The van der Waals surface area contributed by atoms with Gasteiger partial charge in [0, 0.05) is 33.1 Å². The van der Waals surface area contributed by atoms with Crippen molar-refractivity contribution in [2.45, 2.75) is 31.4 Å². The highest BCUT2D eigenvalue weighted by molar-refractivity contribution is 6.42. The number of hydrogen-bond acceptors (Lipinski definition) is 4. The number of carbonyl (C=O) groups is 1. The fraction of sp³-hybridized carbons (Fsp3) is 0.458. The molecule has 5 nitrogen and oxygen atoms in total. The van der Waals surface area contributed by atoms with Gasteiger partial charge in [-0.05, 0) is 43.1 Å². The molecule has 1 heterocycles. The quantitative estimate of drug-likeness (QED) is 0.460. The van der Waals surface area contributed by atoms with Crippen molar-refractivity contribution in [2.24, 2.45) is 0 Å². The van der Waals surface area contributed by atoms with E-state index in [9.17, 15) is 4.79 Å². The van der Waals surface area contributed by atoms with E-state index in [1.807, 2.05) is 37.4 Å². The summed E-state index contributed by atoms with van der Waals surface area (Å²) < 4.78 is 6.19. The third-order valence-corrected chi connectivity index (χ3v) is 6.62. The first-order chi connectivity index (χ1) is 14.9. The Morgan fingerprint density at radius 3 is 2.33 bits per heavy atom. The van der Waals surface area contributed by atoms with Crippen LogP contribution in [0.4, 0.5) is 0 Å². The minimum absolute atomic E-state index is 0. The summed E-state index contributed by atoms with van der Waals surface area (Å²) in [6.07, 6.45) is 1.67. The Bertz CT molecular complexity index is 862. The lowest BCUT2D eigenvalue weighted by Crippen LogP contribution is -2.53. The number of nitrogens with zero attached hydrogens (tertiary/aromatic N) is 1. The van der Waals surface area contributed by atoms with E-state index in [2.05, 4.69) is 27.7 Å². The van der Waals surface area contributed by atoms with E-state index in [-0.39, 0.29) is 42.4 Å². The monoisotopic (exact) mass is 535 g/mol. The van der Waals surface area contributed by atoms with Crippen molar-refractivity contribution in [3.63, 3.8) is 0 Å². The number of hydrogen-bond donors (Lipinski definition) is 2. The largest absolute Gasteiger partial charge is 0.371 e. The van der Waals surface area contributed by atoms with Gasteiger partial charge in [-0.25, -0.2) is 0 Å². The van der Waals surface area contributed by atoms with Crippen molar-refractivity contribution in [3.8, 4) is 0 Å². The molecule has 184 valence electrons.